The lowest BCUT2D eigenvalue weighted by Crippen LogP contribution is -2.43. The third-order valence-electron chi connectivity index (χ3n) is 4.61. The Morgan fingerprint density at radius 1 is 1.27 bits per heavy atom. The number of aliphatic hydroxyl groups is 1. The second kappa shape index (κ2) is 8.96. The van der Waals surface area contributed by atoms with Crippen molar-refractivity contribution >= 4 is 23.3 Å². The number of carbonyl (C=O) groups excluding carboxylic acids is 1. The molecule has 1 aliphatic carbocycles. The molecule has 0 unspecified atom stereocenters. The molecule has 1 amide bonds. The van der Waals surface area contributed by atoms with Crippen LogP contribution >= 0.6 is 11.6 Å². The quantitative estimate of drug-likeness (QED) is 0.661. The zero-order chi connectivity index (χ0) is 18.4. The minimum Gasteiger partial charge on any atom is -0.395 e. The summed E-state index contributed by atoms with van der Waals surface area (Å²) in [7, 11) is 0. The number of hydrogen-bond donors (Lipinski definition) is 3. The number of nitrogens with zero attached hydrogens (tertiary/aromatic N) is 2. The Bertz CT molecular complexity index is 750. The standard InChI is InChI=1S/C19H23ClN4O2/c20-16-4-2-1-3-13(16)5-6-19(26)24-15-9-14(10-15)17-11-18(21-7-8-25)23-12-22-17/h1-4,11-12,14-15,25H,5-10H2,(H,24,26)(H,21,22,23). The van der Waals surface area contributed by atoms with Crippen molar-refractivity contribution in [2.24, 2.45) is 0 Å². The van der Waals surface area contributed by atoms with E-state index in [2.05, 4.69) is 20.6 Å². The van der Waals surface area contributed by atoms with E-state index in [0.717, 1.165) is 29.9 Å². The summed E-state index contributed by atoms with van der Waals surface area (Å²) in [6.07, 6.45) is 4.38. The zero-order valence-corrected chi connectivity index (χ0v) is 15.2. The van der Waals surface area contributed by atoms with Crippen molar-refractivity contribution in [3.05, 3.63) is 52.9 Å². The van der Waals surface area contributed by atoms with Gasteiger partial charge >= 0.3 is 0 Å². The highest BCUT2D eigenvalue weighted by Crippen LogP contribution is 2.36. The monoisotopic (exact) mass is 374 g/mol. The lowest BCUT2D eigenvalue weighted by molar-refractivity contribution is -0.122. The van der Waals surface area contributed by atoms with E-state index in [9.17, 15) is 4.79 Å². The Kier molecular flexibility index (Phi) is 6.41. The summed E-state index contributed by atoms with van der Waals surface area (Å²) in [5.74, 6) is 1.11. The van der Waals surface area contributed by atoms with Crippen LogP contribution in [0.2, 0.25) is 5.02 Å². The van der Waals surface area contributed by atoms with Crippen LogP contribution in [0.3, 0.4) is 0 Å². The van der Waals surface area contributed by atoms with Crippen LogP contribution in [0.25, 0.3) is 0 Å². The zero-order valence-electron chi connectivity index (χ0n) is 14.5. The number of aromatic nitrogens is 2. The van der Waals surface area contributed by atoms with E-state index in [4.69, 9.17) is 16.7 Å². The average molecular weight is 375 g/mol. The molecule has 6 nitrogen and oxygen atoms in total. The molecular weight excluding hydrogens is 352 g/mol. The Hall–Kier alpha value is -2.18. The fraction of sp³-hybridized carbons (Fsp3) is 0.421. The van der Waals surface area contributed by atoms with Gasteiger partial charge in [-0.15, -0.1) is 0 Å². The number of nitrogens with one attached hydrogen (secondary N) is 2. The van der Waals surface area contributed by atoms with E-state index in [0.29, 0.717) is 30.3 Å². The van der Waals surface area contributed by atoms with Gasteiger partial charge in [-0.1, -0.05) is 29.8 Å². The molecule has 1 saturated carbocycles. The molecule has 0 radical (unpaired) electrons. The molecule has 2 aromatic rings. The van der Waals surface area contributed by atoms with E-state index in [-0.39, 0.29) is 18.6 Å². The van der Waals surface area contributed by atoms with Crippen LogP contribution in [-0.2, 0) is 11.2 Å². The predicted molar refractivity (Wildman–Crippen MR) is 101 cm³/mol. The molecule has 3 N–H and O–H groups in total. The van der Waals surface area contributed by atoms with Crippen LogP contribution in [0.5, 0.6) is 0 Å². The Labute approximate surface area is 158 Å². The number of anilines is 1. The molecule has 1 aromatic heterocycles. The maximum Gasteiger partial charge on any atom is 0.220 e. The first-order valence-corrected chi connectivity index (χ1v) is 9.23. The van der Waals surface area contributed by atoms with Gasteiger partial charge in [0.2, 0.25) is 5.91 Å². The summed E-state index contributed by atoms with van der Waals surface area (Å²) in [4.78, 5) is 20.6. The second-order valence-corrected chi connectivity index (χ2v) is 6.91. The fourth-order valence-corrected chi connectivity index (χ4v) is 3.33. The van der Waals surface area contributed by atoms with Gasteiger partial charge in [0.15, 0.2) is 0 Å². The molecule has 26 heavy (non-hydrogen) atoms. The van der Waals surface area contributed by atoms with E-state index in [1.807, 2.05) is 30.3 Å². The third-order valence-corrected chi connectivity index (χ3v) is 4.98. The fourth-order valence-electron chi connectivity index (χ4n) is 3.10. The lowest BCUT2D eigenvalue weighted by Gasteiger charge is -2.35. The minimum absolute atomic E-state index is 0.0568. The smallest absolute Gasteiger partial charge is 0.220 e. The largest absolute Gasteiger partial charge is 0.395 e. The van der Waals surface area contributed by atoms with E-state index >= 15 is 0 Å². The number of rotatable bonds is 8. The summed E-state index contributed by atoms with van der Waals surface area (Å²) in [5.41, 5.74) is 1.97. The predicted octanol–water partition coefficient (Wildman–Crippen LogP) is 2.53. The molecule has 1 fully saturated rings. The van der Waals surface area contributed by atoms with Gasteiger partial charge in [-0.2, -0.15) is 0 Å². The first-order chi connectivity index (χ1) is 12.7. The molecular formula is C19H23ClN4O2. The van der Waals surface area contributed by atoms with Crippen molar-refractivity contribution < 1.29 is 9.90 Å². The van der Waals surface area contributed by atoms with Crippen LogP contribution in [0.4, 0.5) is 5.82 Å². The topological polar surface area (TPSA) is 87.1 Å². The van der Waals surface area contributed by atoms with Crippen molar-refractivity contribution in [2.75, 3.05) is 18.5 Å². The maximum atomic E-state index is 12.1. The van der Waals surface area contributed by atoms with Crippen molar-refractivity contribution in [3.63, 3.8) is 0 Å². The molecule has 0 saturated heterocycles. The van der Waals surface area contributed by atoms with Gasteiger partial charge in [-0.25, -0.2) is 9.97 Å². The van der Waals surface area contributed by atoms with E-state index in [1.54, 1.807) is 0 Å². The number of carbonyl (C=O) groups is 1. The number of halogens is 1. The molecule has 1 aliphatic rings. The number of benzene rings is 1. The highest BCUT2D eigenvalue weighted by molar-refractivity contribution is 6.31. The van der Waals surface area contributed by atoms with Gasteiger partial charge in [0, 0.05) is 41.7 Å². The van der Waals surface area contributed by atoms with Crippen molar-refractivity contribution in [1.29, 1.82) is 0 Å². The molecule has 3 rings (SSSR count). The van der Waals surface area contributed by atoms with E-state index < -0.39 is 0 Å². The maximum absolute atomic E-state index is 12.1. The number of aliphatic hydroxyl groups excluding tert-OH is 1. The molecule has 138 valence electrons. The van der Waals surface area contributed by atoms with Crippen molar-refractivity contribution in [1.82, 2.24) is 15.3 Å². The molecule has 1 heterocycles. The number of amides is 1. The van der Waals surface area contributed by atoms with Crippen molar-refractivity contribution in [3.8, 4) is 0 Å². The summed E-state index contributed by atoms with van der Waals surface area (Å²) >= 11 is 6.12. The van der Waals surface area contributed by atoms with Crippen LogP contribution in [0.15, 0.2) is 36.7 Å². The van der Waals surface area contributed by atoms with Crippen LogP contribution < -0.4 is 10.6 Å². The van der Waals surface area contributed by atoms with Gasteiger partial charge in [-0.05, 0) is 30.9 Å². The highest BCUT2D eigenvalue weighted by Gasteiger charge is 2.32. The second-order valence-electron chi connectivity index (χ2n) is 6.50. The van der Waals surface area contributed by atoms with Crippen LogP contribution in [0, 0.1) is 0 Å². The van der Waals surface area contributed by atoms with Gasteiger partial charge < -0.3 is 15.7 Å². The molecule has 0 bridgehead atoms. The third kappa shape index (κ3) is 4.93. The molecule has 0 aliphatic heterocycles. The average Bonchev–Trinajstić information content (AvgIpc) is 2.62. The Balaban J connectivity index is 1.42. The highest BCUT2D eigenvalue weighted by atomic mass is 35.5. The lowest BCUT2D eigenvalue weighted by atomic mass is 9.78. The summed E-state index contributed by atoms with van der Waals surface area (Å²) in [5, 5.41) is 15.7. The SMILES string of the molecule is O=C(CCc1ccccc1Cl)NC1CC(c2cc(NCCO)ncn2)C1. The molecule has 1 aromatic carbocycles. The number of hydrogen-bond acceptors (Lipinski definition) is 5. The van der Waals surface area contributed by atoms with E-state index in [1.165, 1.54) is 6.33 Å². The van der Waals surface area contributed by atoms with Crippen molar-refractivity contribution in [2.45, 2.75) is 37.6 Å². The van der Waals surface area contributed by atoms with Gasteiger partial charge in [0.1, 0.15) is 12.1 Å². The van der Waals surface area contributed by atoms with Gasteiger partial charge in [-0.3, -0.25) is 4.79 Å². The summed E-state index contributed by atoms with van der Waals surface area (Å²) in [6, 6.07) is 9.72. The number of aryl methyl sites for hydroxylation is 1. The molecule has 7 heteroatoms. The van der Waals surface area contributed by atoms with Gasteiger partial charge in [0.25, 0.3) is 0 Å². The minimum atomic E-state index is 0.0568. The first kappa shape index (κ1) is 18.6. The van der Waals surface area contributed by atoms with Crippen LogP contribution in [0.1, 0.15) is 36.4 Å². The molecule has 0 atom stereocenters. The Morgan fingerprint density at radius 3 is 2.85 bits per heavy atom. The first-order valence-electron chi connectivity index (χ1n) is 8.85. The Morgan fingerprint density at radius 2 is 2.08 bits per heavy atom. The normalized spacial score (nSPS) is 18.8. The van der Waals surface area contributed by atoms with Crippen LogP contribution in [-0.4, -0.2) is 40.2 Å². The molecule has 0 spiro atoms. The van der Waals surface area contributed by atoms with Gasteiger partial charge in [0.05, 0.1) is 6.61 Å². The summed E-state index contributed by atoms with van der Waals surface area (Å²) < 4.78 is 0. The summed E-state index contributed by atoms with van der Waals surface area (Å²) in [6.45, 7) is 0.524.